The molecule has 0 aliphatic heterocycles. The number of nitrogens with zero attached hydrogens (tertiary/aromatic N) is 2. The van der Waals surface area contributed by atoms with Gasteiger partial charge in [0.1, 0.15) is 18.1 Å². The summed E-state index contributed by atoms with van der Waals surface area (Å²) in [6.07, 6.45) is 0.0336. The Morgan fingerprint density at radius 2 is 1.67 bits per heavy atom. The minimum atomic E-state index is -0.0120. The van der Waals surface area contributed by atoms with E-state index in [0.29, 0.717) is 11.6 Å². The van der Waals surface area contributed by atoms with Crippen molar-refractivity contribution in [2.24, 2.45) is 0 Å². The SMILES string of the molecule is COc1ccc(-n2nc(OC(C)C)cc2-c2ccc(OCCO)cc2)cc1. The highest BCUT2D eigenvalue weighted by atomic mass is 16.5. The molecular formula is C21H24N2O4. The van der Waals surface area contributed by atoms with Crippen molar-refractivity contribution in [3.8, 4) is 34.3 Å². The summed E-state index contributed by atoms with van der Waals surface area (Å²) in [5.74, 6) is 2.06. The summed E-state index contributed by atoms with van der Waals surface area (Å²) >= 11 is 0. The van der Waals surface area contributed by atoms with Crippen LogP contribution in [0.1, 0.15) is 13.8 Å². The van der Waals surface area contributed by atoms with Crippen molar-refractivity contribution in [1.29, 1.82) is 0 Å². The quantitative estimate of drug-likeness (QED) is 0.657. The molecule has 0 amide bonds. The molecule has 0 spiro atoms. The maximum atomic E-state index is 8.88. The molecule has 1 aromatic heterocycles. The highest BCUT2D eigenvalue weighted by Gasteiger charge is 2.14. The maximum Gasteiger partial charge on any atom is 0.234 e. The van der Waals surface area contributed by atoms with Crippen LogP contribution in [-0.2, 0) is 0 Å². The molecule has 0 unspecified atom stereocenters. The molecule has 0 saturated heterocycles. The first kappa shape index (κ1) is 18.8. The van der Waals surface area contributed by atoms with Crippen LogP contribution in [0.4, 0.5) is 0 Å². The van der Waals surface area contributed by atoms with Crippen LogP contribution < -0.4 is 14.2 Å². The number of aliphatic hydroxyl groups is 1. The number of methoxy groups -OCH3 is 1. The molecule has 0 saturated carbocycles. The van der Waals surface area contributed by atoms with Crippen molar-refractivity contribution in [1.82, 2.24) is 9.78 Å². The molecule has 142 valence electrons. The van der Waals surface area contributed by atoms with Gasteiger partial charge in [0, 0.05) is 11.6 Å². The molecule has 1 heterocycles. The van der Waals surface area contributed by atoms with Gasteiger partial charge in [-0.15, -0.1) is 5.10 Å². The molecule has 0 fully saturated rings. The summed E-state index contributed by atoms with van der Waals surface area (Å²) < 4.78 is 18.3. The first-order valence-electron chi connectivity index (χ1n) is 8.86. The lowest BCUT2D eigenvalue weighted by molar-refractivity contribution is 0.201. The molecule has 6 nitrogen and oxygen atoms in total. The fourth-order valence-corrected chi connectivity index (χ4v) is 2.67. The Hall–Kier alpha value is -2.99. The highest BCUT2D eigenvalue weighted by Crippen LogP contribution is 2.29. The van der Waals surface area contributed by atoms with E-state index in [0.717, 1.165) is 22.7 Å². The molecule has 3 rings (SSSR count). The van der Waals surface area contributed by atoms with Gasteiger partial charge in [-0.2, -0.15) is 0 Å². The summed E-state index contributed by atoms with van der Waals surface area (Å²) in [7, 11) is 1.64. The number of aromatic nitrogens is 2. The lowest BCUT2D eigenvalue weighted by Gasteiger charge is -2.09. The number of ether oxygens (including phenoxy) is 3. The van der Waals surface area contributed by atoms with Crippen molar-refractivity contribution >= 4 is 0 Å². The minimum Gasteiger partial charge on any atom is -0.497 e. The van der Waals surface area contributed by atoms with Crippen LogP contribution >= 0.6 is 0 Å². The zero-order valence-electron chi connectivity index (χ0n) is 15.8. The molecule has 0 bridgehead atoms. The van der Waals surface area contributed by atoms with Gasteiger partial charge >= 0.3 is 0 Å². The topological polar surface area (TPSA) is 65.7 Å². The third kappa shape index (κ3) is 4.60. The van der Waals surface area contributed by atoms with Crippen molar-refractivity contribution in [3.63, 3.8) is 0 Å². The van der Waals surface area contributed by atoms with Gasteiger partial charge in [0.15, 0.2) is 0 Å². The number of aliphatic hydroxyl groups excluding tert-OH is 1. The number of hydrogen-bond donors (Lipinski definition) is 1. The molecule has 2 aromatic carbocycles. The van der Waals surface area contributed by atoms with Crippen LogP contribution in [0.3, 0.4) is 0 Å². The molecule has 27 heavy (non-hydrogen) atoms. The van der Waals surface area contributed by atoms with E-state index in [1.807, 2.05) is 73.1 Å². The Balaban J connectivity index is 1.97. The van der Waals surface area contributed by atoms with Gasteiger partial charge in [0.2, 0.25) is 5.88 Å². The maximum absolute atomic E-state index is 8.88. The number of hydrogen-bond acceptors (Lipinski definition) is 5. The summed E-state index contributed by atoms with van der Waals surface area (Å²) in [6.45, 7) is 4.20. The van der Waals surface area contributed by atoms with Gasteiger partial charge in [-0.25, -0.2) is 4.68 Å². The molecule has 6 heteroatoms. The second kappa shape index (κ2) is 8.60. The largest absolute Gasteiger partial charge is 0.497 e. The van der Waals surface area contributed by atoms with E-state index in [2.05, 4.69) is 5.10 Å². The Morgan fingerprint density at radius 1 is 1.00 bits per heavy atom. The smallest absolute Gasteiger partial charge is 0.234 e. The Bertz CT molecular complexity index is 855. The van der Waals surface area contributed by atoms with Crippen LogP contribution in [0.15, 0.2) is 54.6 Å². The minimum absolute atomic E-state index is 0.0120. The van der Waals surface area contributed by atoms with Crippen LogP contribution in [0.5, 0.6) is 17.4 Å². The van der Waals surface area contributed by atoms with Gasteiger partial charge < -0.3 is 19.3 Å². The van der Waals surface area contributed by atoms with Crippen LogP contribution in [0.25, 0.3) is 16.9 Å². The number of benzene rings is 2. The Kier molecular flexibility index (Phi) is 5.98. The fourth-order valence-electron chi connectivity index (χ4n) is 2.67. The third-order valence-electron chi connectivity index (χ3n) is 3.87. The highest BCUT2D eigenvalue weighted by molar-refractivity contribution is 5.64. The zero-order valence-corrected chi connectivity index (χ0v) is 15.8. The van der Waals surface area contributed by atoms with E-state index in [-0.39, 0.29) is 19.3 Å². The van der Waals surface area contributed by atoms with E-state index < -0.39 is 0 Å². The molecule has 0 aliphatic rings. The summed E-state index contributed by atoms with van der Waals surface area (Å²) in [4.78, 5) is 0. The predicted molar refractivity (Wildman–Crippen MR) is 104 cm³/mol. The summed E-state index contributed by atoms with van der Waals surface area (Å²) in [6, 6.07) is 17.3. The summed E-state index contributed by atoms with van der Waals surface area (Å²) in [5, 5.41) is 13.5. The van der Waals surface area contributed by atoms with E-state index in [4.69, 9.17) is 19.3 Å². The first-order valence-corrected chi connectivity index (χ1v) is 8.86. The molecule has 3 aromatic rings. The predicted octanol–water partition coefficient (Wildman–Crippen LogP) is 3.71. The van der Waals surface area contributed by atoms with Gasteiger partial charge in [-0.3, -0.25) is 0 Å². The second-order valence-corrected chi connectivity index (χ2v) is 6.24. The van der Waals surface area contributed by atoms with Crippen molar-refractivity contribution < 1.29 is 19.3 Å². The van der Waals surface area contributed by atoms with Crippen LogP contribution in [0, 0.1) is 0 Å². The second-order valence-electron chi connectivity index (χ2n) is 6.24. The van der Waals surface area contributed by atoms with Crippen molar-refractivity contribution in [2.75, 3.05) is 20.3 Å². The van der Waals surface area contributed by atoms with Crippen LogP contribution in [0.2, 0.25) is 0 Å². The van der Waals surface area contributed by atoms with Gasteiger partial charge in [0.05, 0.1) is 31.2 Å². The van der Waals surface area contributed by atoms with E-state index in [1.54, 1.807) is 7.11 Å². The fraction of sp³-hybridized carbons (Fsp3) is 0.286. The standard InChI is InChI=1S/C21H24N2O4/c1-15(2)27-21-14-20(16-4-8-19(9-5-16)26-13-12-24)23(22-21)17-6-10-18(25-3)11-7-17/h4-11,14-15,24H,12-13H2,1-3H3. The van der Waals surface area contributed by atoms with Gasteiger partial charge in [-0.05, 0) is 62.4 Å². The average molecular weight is 368 g/mol. The third-order valence-corrected chi connectivity index (χ3v) is 3.87. The van der Waals surface area contributed by atoms with Crippen LogP contribution in [-0.4, -0.2) is 41.3 Å². The lowest BCUT2D eigenvalue weighted by Crippen LogP contribution is -2.06. The van der Waals surface area contributed by atoms with E-state index in [9.17, 15) is 0 Å². The van der Waals surface area contributed by atoms with Gasteiger partial charge in [0.25, 0.3) is 0 Å². The van der Waals surface area contributed by atoms with Crippen molar-refractivity contribution in [2.45, 2.75) is 20.0 Å². The Morgan fingerprint density at radius 3 is 2.26 bits per heavy atom. The summed E-state index contributed by atoms with van der Waals surface area (Å²) in [5.41, 5.74) is 2.79. The first-order chi connectivity index (χ1) is 13.1. The molecule has 0 atom stereocenters. The normalized spacial score (nSPS) is 10.9. The zero-order chi connectivity index (χ0) is 19.2. The van der Waals surface area contributed by atoms with E-state index >= 15 is 0 Å². The molecule has 0 radical (unpaired) electrons. The molecular weight excluding hydrogens is 344 g/mol. The van der Waals surface area contributed by atoms with E-state index in [1.165, 1.54) is 0 Å². The lowest BCUT2D eigenvalue weighted by atomic mass is 10.1. The number of rotatable bonds is 8. The molecule has 0 aliphatic carbocycles. The monoisotopic (exact) mass is 368 g/mol. The Labute approximate surface area is 158 Å². The molecule has 1 N–H and O–H groups in total. The average Bonchev–Trinajstić information content (AvgIpc) is 3.10. The van der Waals surface area contributed by atoms with Gasteiger partial charge in [-0.1, -0.05) is 0 Å². The van der Waals surface area contributed by atoms with Crippen molar-refractivity contribution in [3.05, 3.63) is 54.6 Å².